The first-order valence-electron chi connectivity index (χ1n) is 9.18. The number of urea groups is 1. The largest absolute Gasteiger partial charge is 0.496 e. The highest BCUT2D eigenvalue weighted by Crippen LogP contribution is 2.33. The van der Waals surface area contributed by atoms with Gasteiger partial charge >= 0.3 is 6.03 Å². The summed E-state index contributed by atoms with van der Waals surface area (Å²) in [5.41, 5.74) is 2.85. The zero-order chi connectivity index (χ0) is 20.6. The molecule has 1 heterocycles. The average molecular weight is 389 g/mol. The first-order chi connectivity index (χ1) is 14.2. The first kappa shape index (κ1) is 20.0. The maximum Gasteiger partial charge on any atom is 0.323 e. The van der Waals surface area contributed by atoms with Crippen LogP contribution in [0.4, 0.5) is 16.2 Å². The highest BCUT2D eigenvalue weighted by molar-refractivity contribution is 6.00. The third-order valence-electron chi connectivity index (χ3n) is 4.57. The number of nitriles is 1. The van der Waals surface area contributed by atoms with Crippen molar-refractivity contribution in [3.8, 4) is 23.1 Å². The van der Waals surface area contributed by atoms with Crippen LogP contribution in [0, 0.1) is 17.4 Å². The number of carbonyl (C=O) groups is 1. The van der Waals surface area contributed by atoms with Crippen molar-refractivity contribution in [2.45, 2.75) is 25.7 Å². The number of carbonyl (C=O) groups excluding carboxylic acids is 1. The van der Waals surface area contributed by atoms with Gasteiger partial charge in [0, 0.05) is 23.9 Å². The first-order valence-corrected chi connectivity index (χ1v) is 9.18. The predicted octanol–water partition coefficient (Wildman–Crippen LogP) is 5.20. The minimum absolute atomic E-state index is 0.0474. The second-order valence-electron chi connectivity index (χ2n) is 6.34. The summed E-state index contributed by atoms with van der Waals surface area (Å²) >= 11 is 0. The Morgan fingerprint density at radius 1 is 1.38 bits per heavy atom. The molecule has 147 valence electrons. The summed E-state index contributed by atoms with van der Waals surface area (Å²) in [6.07, 6.45) is 4.13. The SMILES string of the molecule is CC[C@@H](CC#N)c1cc[c]cc1NC(=O)Nc1ccc(-c2cnco2)c(OC)c1. The Kier molecular flexibility index (Phi) is 6.48. The van der Waals surface area contributed by atoms with E-state index in [2.05, 4.69) is 27.8 Å². The van der Waals surface area contributed by atoms with Gasteiger partial charge in [0.2, 0.25) is 0 Å². The molecule has 0 fully saturated rings. The fourth-order valence-electron chi connectivity index (χ4n) is 3.10. The van der Waals surface area contributed by atoms with Crippen LogP contribution >= 0.6 is 0 Å². The maximum absolute atomic E-state index is 12.5. The molecule has 7 nitrogen and oxygen atoms in total. The molecule has 0 bridgehead atoms. The maximum atomic E-state index is 12.5. The van der Waals surface area contributed by atoms with Crippen LogP contribution < -0.4 is 15.4 Å². The molecule has 1 aromatic heterocycles. The van der Waals surface area contributed by atoms with Gasteiger partial charge in [-0.05, 0) is 42.2 Å². The molecule has 7 heteroatoms. The van der Waals surface area contributed by atoms with Crippen LogP contribution in [0.3, 0.4) is 0 Å². The molecule has 2 N–H and O–H groups in total. The number of anilines is 2. The second kappa shape index (κ2) is 9.42. The van der Waals surface area contributed by atoms with Gasteiger partial charge in [0.25, 0.3) is 0 Å². The molecule has 29 heavy (non-hydrogen) atoms. The molecule has 1 radical (unpaired) electrons. The van der Waals surface area contributed by atoms with E-state index in [9.17, 15) is 4.79 Å². The Bertz CT molecular complexity index is 1010. The van der Waals surface area contributed by atoms with Crippen molar-refractivity contribution in [1.29, 1.82) is 5.26 Å². The van der Waals surface area contributed by atoms with Gasteiger partial charge in [0.1, 0.15) is 5.75 Å². The van der Waals surface area contributed by atoms with Gasteiger partial charge in [-0.15, -0.1) is 0 Å². The summed E-state index contributed by atoms with van der Waals surface area (Å²) in [7, 11) is 1.55. The van der Waals surface area contributed by atoms with Crippen LogP contribution in [-0.2, 0) is 0 Å². The van der Waals surface area contributed by atoms with Crippen LogP contribution in [0.2, 0.25) is 0 Å². The molecule has 1 atom stereocenters. The predicted molar refractivity (Wildman–Crippen MR) is 110 cm³/mol. The van der Waals surface area contributed by atoms with Crippen LogP contribution in [-0.4, -0.2) is 18.1 Å². The number of benzene rings is 2. The molecule has 0 spiro atoms. The molecule has 0 aliphatic carbocycles. The number of methoxy groups -OCH3 is 1. The molecule has 0 aliphatic heterocycles. The van der Waals surface area contributed by atoms with E-state index in [4.69, 9.17) is 14.4 Å². The van der Waals surface area contributed by atoms with Crippen molar-refractivity contribution in [3.05, 3.63) is 60.6 Å². The number of nitrogens with zero attached hydrogens (tertiary/aromatic N) is 2. The van der Waals surface area contributed by atoms with E-state index in [1.54, 1.807) is 43.6 Å². The second-order valence-corrected chi connectivity index (χ2v) is 6.34. The average Bonchev–Trinajstić information content (AvgIpc) is 3.27. The van der Waals surface area contributed by atoms with Gasteiger partial charge < -0.3 is 19.8 Å². The molecular formula is C22H21N4O3. The van der Waals surface area contributed by atoms with Crippen LogP contribution in [0.15, 0.2) is 53.4 Å². The Balaban J connectivity index is 1.76. The molecule has 0 aliphatic rings. The highest BCUT2D eigenvalue weighted by atomic mass is 16.5. The Labute approximate surface area is 169 Å². The van der Waals surface area contributed by atoms with Gasteiger partial charge in [-0.3, -0.25) is 0 Å². The lowest BCUT2D eigenvalue weighted by molar-refractivity contribution is 0.262. The Morgan fingerprint density at radius 2 is 2.24 bits per heavy atom. The Morgan fingerprint density at radius 3 is 2.93 bits per heavy atom. The fourth-order valence-corrected chi connectivity index (χ4v) is 3.10. The van der Waals surface area contributed by atoms with Crippen molar-refractivity contribution < 1.29 is 13.9 Å². The number of oxazole rings is 1. The summed E-state index contributed by atoms with van der Waals surface area (Å²) in [5.74, 6) is 1.17. The third-order valence-corrected chi connectivity index (χ3v) is 4.57. The topological polar surface area (TPSA) is 100 Å². The van der Waals surface area contributed by atoms with E-state index in [0.29, 0.717) is 29.3 Å². The number of nitrogens with one attached hydrogen (secondary N) is 2. The summed E-state index contributed by atoms with van der Waals surface area (Å²) in [5, 5.41) is 14.7. The summed E-state index contributed by atoms with van der Waals surface area (Å²) in [4.78, 5) is 16.5. The van der Waals surface area contributed by atoms with E-state index in [1.807, 2.05) is 13.0 Å². The van der Waals surface area contributed by atoms with Crippen molar-refractivity contribution in [1.82, 2.24) is 4.98 Å². The third kappa shape index (κ3) is 4.74. The summed E-state index contributed by atoms with van der Waals surface area (Å²) in [6, 6.07) is 15.4. The molecular weight excluding hydrogens is 368 g/mol. The minimum Gasteiger partial charge on any atom is -0.496 e. The number of ether oxygens (including phenoxy) is 1. The van der Waals surface area contributed by atoms with Gasteiger partial charge in [0.15, 0.2) is 12.2 Å². The summed E-state index contributed by atoms with van der Waals surface area (Å²) in [6.45, 7) is 2.02. The van der Waals surface area contributed by atoms with E-state index >= 15 is 0 Å². The quantitative estimate of drug-likeness (QED) is 0.578. The zero-order valence-corrected chi connectivity index (χ0v) is 16.2. The van der Waals surface area contributed by atoms with Crippen molar-refractivity contribution in [3.63, 3.8) is 0 Å². The number of hydrogen-bond acceptors (Lipinski definition) is 5. The Hall–Kier alpha value is -3.79. The van der Waals surface area contributed by atoms with Crippen LogP contribution in [0.1, 0.15) is 31.2 Å². The molecule has 2 amide bonds. The van der Waals surface area contributed by atoms with Crippen molar-refractivity contribution in [2.75, 3.05) is 17.7 Å². The number of amides is 2. The van der Waals surface area contributed by atoms with Gasteiger partial charge in [0.05, 0.1) is 24.9 Å². The van der Waals surface area contributed by atoms with E-state index < -0.39 is 6.03 Å². The lowest BCUT2D eigenvalue weighted by atomic mass is 9.92. The van der Waals surface area contributed by atoms with Crippen LogP contribution in [0.5, 0.6) is 5.75 Å². The molecule has 0 unspecified atom stereocenters. The van der Waals surface area contributed by atoms with Crippen molar-refractivity contribution in [2.24, 2.45) is 0 Å². The molecule has 3 rings (SSSR count). The highest BCUT2D eigenvalue weighted by Gasteiger charge is 2.16. The molecule has 0 saturated carbocycles. The monoisotopic (exact) mass is 389 g/mol. The molecule has 0 saturated heterocycles. The fraction of sp³-hybridized carbons (Fsp3) is 0.227. The van der Waals surface area contributed by atoms with E-state index in [0.717, 1.165) is 17.5 Å². The number of aromatic nitrogens is 1. The van der Waals surface area contributed by atoms with Gasteiger partial charge in [-0.25, -0.2) is 9.78 Å². The molecule has 3 aromatic rings. The number of hydrogen-bond donors (Lipinski definition) is 2. The minimum atomic E-state index is -0.396. The standard InChI is InChI=1S/C22H21N4O3/c1-3-15(10-11-23)17-6-4-5-7-19(17)26-22(27)25-16-8-9-18(20(12-16)28-2)21-13-24-14-29-21/h4,6-9,12-15H,3,10H2,1-2H3,(H2,25,26,27)/t15-/m0/s1. The smallest absolute Gasteiger partial charge is 0.323 e. The van der Waals surface area contributed by atoms with Crippen LogP contribution in [0.25, 0.3) is 11.3 Å². The molecule has 2 aromatic carbocycles. The lowest BCUT2D eigenvalue weighted by Gasteiger charge is -2.17. The van der Waals surface area contributed by atoms with Gasteiger partial charge in [-0.2, -0.15) is 5.26 Å². The van der Waals surface area contributed by atoms with E-state index in [-0.39, 0.29) is 5.92 Å². The van der Waals surface area contributed by atoms with Gasteiger partial charge in [-0.1, -0.05) is 19.1 Å². The summed E-state index contributed by atoms with van der Waals surface area (Å²) < 4.78 is 10.7. The lowest BCUT2D eigenvalue weighted by Crippen LogP contribution is -2.20. The van der Waals surface area contributed by atoms with Crippen molar-refractivity contribution >= 4 is 17.4 Å². The number of rotatable bonds is 7. The zero-order valence-electron chi connectivity index (χ0n) is 16.2. The van der Waals surface area contributed by atoms with E-state index in [1.165, 1.54) is 6.39 Å². The normalized spacial score (nSPS) is 11.3.